The van der Waals surface area contributed by atoms with E-state index in [-0.39, 0.29) is 18.1 Å². The van der Waals surface area contributed by atoms with E-state index in [2.05, 4.69) is 15.0 Å². The number of carbonyl (C=O) groups is 2. The van der Waals surface area contributed by atoms with Crippen LogP contribution in [0.1, 0.15) is 27.5 Å². The minimum absolute atomic E-state index is 0.163. The Balaban J connectivity index is 1.59. The molecule has 3 rings (SSSR count). The first-order valence-corrected chi connectivity index (χ1v) is 8.98. The van der Waals surface area contributed by atoms with Crippen molar-refractivity contribution in [3.63, 3.8) is 0 Å². The molecule has 0 atom stereocenters. The Morgan fingerprint density at radius 1 is 1.26 bits per heavy atom. The van der Waals surface area contributed by atoms with Crippen molar-refractivity contribution < 1.29 is 23.1 Å². The average Bonchev–Trinajstić information content (AvgIpc) is 3.26. The quantitative estimate of drug-likeness (QED) is 0.640. The van der Waals surface area contributed by atoms with Gasteiger partial charge in [0.15, 0.2) is 5.13 Å². The van der Waals surface area contributed by atoms with E-state index in [4.69, 9.17) is 4.42 Å². The van der Waals surface area contributed by atoms with Gasteiger partial charge in [0, 0.05) is 12.8 Å². The number of nitrogens with zero attached hydrogens (tertiary/aromatic N) is 1. The predicted molar refractivity (Wildman–Crippen MR) is 99.2 cm³/mol. The second-order valence-corrected chi connectivity index (χ2v) is 6.72. The topological polar surface area (TPSA) is 81.4 Å². The highest BCUT2D eigenvalue weighted by molar-refractivity contribution is 7.17. The molecule has 3 aromatic rings. The van der Waals surface area contributed by atoms with Crippen LogP contribution >= 0.6 is 11.3 Å². The van der Waals surface area contributed by atoms with Crippen LogP contribution in [-0.4, -0.2) is 24.0 Å². The average molecular weight is 388 g/mol. The van der Waals surface area contributed by atoms with E-state index in [0.29, 0.717) is 39.2 Å². The van der Waals surface area contributed by atoms with Crippen LogP contribution in [0.5, 0.6) is 0 Å². The fraction of sp³-hybridized carbons (Fsp3) is 0.211. The van der Waals surface area contributed by atoms with Crippen molar-refractivity contribution >= 4 is 28.3 Å². The van der Waals surface area contributed by atoms with Gasteiger partial charge in [-0.2, -0.15) is 0 Å². The molecule has 0 saturated heterocycles. The number of nitrogens with one attached hydrogen (secondary N) is 1. The summed E-state index contributed by atoms with van der Waals surface area (Å²) in [6.07, 6.45) is 0.519. The first-order chi connectivity index (χ1) is 13.0. The molecule has 6 nitrogen and oxygen atoms in total. The van der Waals surface area contributed by atoms with Gasteiger partial charge in [-0.25, -0.2) is 14.2 Å². The Hall–Kier alpha value is -3.00. The van der Waals surface area contributed by atoms with Gasteiger partial charge in [-0.15, -0.1) is 0 Å². The predicted octanol–water partition coefficient (Wildman–Crippen LogP) is 4.21. The molecule has 8 heteroatoms. The number of furan rings is 1. The molecule has 27 heavy (non-hydrogen) atoms. The Morgan fingerprint density at radius 3 is 2.78 bits per heavy atom. The summed E-state index contributed by atoms with van der Waals surface area (Å²) < 4.78 is 24.1. The molecule has 140 valence electrons. The number of thiazole rings is 1. The molecule has 1 aromatic carbocycles. The first-order valence-electron chi connectivity index (χ1n) is 8.17. The third-order valence-electron chi connectivity index (χ3n) is 3.81. The van der Waals surface area contributed by atoms with Crippen LogP contribution in [0.25, 0.3) is 11.3 Å². The molecule has 2 aromatic heterocycles. The van der Waals surface area contributed by atoms with E-state index in [1.165, 1.54) is 13.2 Å². The van der Waals surface area contributed by atoms with Gasteiger partial charge in [0.05, 0.1) is 18.4 Å². The van der Waals surface area contributed by atoms with Crippen LogP contribution in [0, 0.1) is 12.7 Å². The molecular weight excluding hydrogens is 371 g/mol. The lowest BCUT2D eigenvalue weighted by Gasteiger charge is -2.01. The fourth-order valence-corrected chi connectivity index (χ4v) is 3.37. The summed E-state index contributed by atoms with van der Waals surface area (Å²) in [6, 6.07) is 9.74. The molecule has 0 bridgehead atoms. The van der Waals surface area contributed by atoms with Crippen molar-refractivity contribution in [3.8, 4) is 11.3 Å². The largest absolute Gasteiger partial charge is 0.465 e. The summed E-state index contributed by atoms with van der Waals surface area (Å²) in [5.74, 6) is -0.113. The Kier molecular flexibility index (Phi) is 5.66. The van der Waals surface area contributed by atoms with Crippen LogP contribution in [0.2, 0.25) is 0 Å². The zero-order valence-electron chi connectivity index (χ0n) is 14.7. The summed E-state index contributed by atoms with van der Waals surface area (Å²) >= 11 is 1.06. The van der Waals surface area contributed by atoms with E-state index in [9.17, 15) is 14.0 Å². The van der Waals surface area contributed by atoms with Gasteiger partial charge in [0.1, 0.15) is 22.2 Å². The molecule has 0 aliphatic carbocycles. The number of amides is 1. The van der Waals surface area contributed by atoms with Crippen LogP contribution in [0.3, 0.4) is 0 Å². The van der Waals surface area contributed by atoms with Gasteiger partial charge < -0.3 is 14.5 Å². The molecule has 2 heterocycles. The van der Waals surface area contributed by atoms with Gasteiger partial charge in [0.2, 0.25) is 5.91 Å². The summed E-state index contributed by atoms with van der Waals surface area (Å²) in [6.45, 7) is 1.67. The number of esters is 1. The fourth-order valence-electron chi connectivity index (χ4n) is 2.47. The SMILES string of the molecule is COC(=O)c1sc(NC(=O)CCc2ccc(-c3ccccc3F)o2)nc1C. The minimum Gasteiger partial charge on any atom is -0.465 e. The van der Waals surface area contributed by atoms with Crippen molar-refractivity contribution in [1.82, 2.24) is 4.98 Å². The number of methoxy groups -OCH3 is 1. The first kappa shape index (κ1) is 18.8. The second-order valence-electron chi connectivity index (χ2n) is 5.72. The summed E-state index contributed by atoms with van der Waals surface area (Å²) in [4.78, 5) is 28.2. The molecule has 0 saturated carbocycles. The lowest BCUT2D eigenvalue weighted by molar-refractivity contribution is -0.116. The Bertz CT molecular complexity index is 980. The van der Waals surface area contributed by atoms with Crippen LogP contribution in [0.15, 0.2) is 40.8 Å². The molecular formula is C19H17FN2O4S. The van der Waals surface area contributed by atoms with Crippen molar-refractivity contribution in [2.75, 3.05) is 12.4 Å². The lowest BCUT2D eigenvalue weighted by Crippen LogP contribution is -2.11. The maximum absolute atomic E-state index is 13.8. The van der Waals surface area contributed by atoms with Crippen LogP contribution in [-0.2, 0) is 16.0 Å². The van der Waals surface area contributed by atoms with Gasteiger partial charge >= 0.3 is 5.97 Å². The standard InChI is InChI=1S/C19H17FN2O4S/c1-11-17(18(24)25-2)27-19(21-11)22-16(23)10-8-12-7-9-15(26-12)13-5-3-4-6-14(13)20/h3-7,9H,8,10H2,1-2H3,(H,21,22,23). The van der Waals surface area contributed by atoms with Crippen LogP contribution in [0.4, 0.5) is 9.52 Å². The lowest BCUT2D eigenvalue weighted by atomic mass is 10.1. The monoisotopic (exact) mass is 388 g/mol. The molecule has 0 spiro atoms. The van der Waals surface area contributed by atoms with Gasteiger partial charge in [0.25, 0.3) is 0 Å². The van der Waals surface area contributed by atoms with E-state index in [1.807, 2.05) is 0 Å². The number of benzene rings is 1. The van der Waals surface area contributed by atoms with Crippen molar-refractivity contribution in [3.05, 3.63) is 58.5 Å². The molecule has 0 aliphatic rings. The number of rotatable bonds is 6. The Labute approximate surface area is 159 Å². The molecule has 0 fully saturated rings. The summed E-state index contributed by atoms with van der Waals surface area (Å²) in [7, 11) is 1.29. The zero-order chi connectivity index (χ0) is 19.4. The maximum Gasteiger partial charge on any atom is 0.350 e. The smallest absolute Gasteiger partial charge is 0.350 e. The molecule has 0 radical (unpaired) electrons. The van der Waals surface area contributed by atoms with E-state index >= 15 is 0 Å². The molecule has 1 amide bonds. The highest BCUT2D eigenvalue weighted by Gasteiger charge is 2.17. The number of aromatic nitrogens is 1. The molecule has 0 aliphatic heterocycles. The van der Waals surface area contributed by atoms with Crippen molar-refractivity contribution in [2.24, 2.45) is 0 Å². The zero-order valence-corrected chi connectivity index (χ0v) is 15.6. The van der Waals surface area contributed by atoms with Gasteiger partial charge in [-0.1, -0.05) is 23.5 Å². The second kappa shape index (κ2) is 8.13. The third-order valence-corrected chi connectivity index (χ3v) is 4.87. The maximum atomic E-state index is 13.8. The van der Waals surface area contributed by atoms with Crippen molar-refractivity contribution in [1.29, 1.82) is 0 Å². The third kappa shape index (κ3) is 4.40. The Morgan fingerprint density at radius 2 is 2.04 bits per heavy atom. The van der Waals surface area contributed by atoms with Gasteiger partial charge in [-0.3, -0.25) is 4.79 Å². The highest BCUT2D eigenvalue weighted by Crippen LogP contribution is 2.26. The number of hydrogen-bond acceptors (Lipinski definition) is 6. The number of halogens is 1. The molecule has 1 N–H and O–H groups in total. The van der Waals surface area contributed by atoms with E-state index in [0.717, 1.165) is 11.3 Å². The number of aryl methyl sites for hydroxylation is 2. The number of anilines is 1. The van der Waals surface area contributed by atoms with Crippen molar-refractivity contribution in [2.45, 2.75) is 19.8 Å². The van der Waals surface area contributed by atoms with Gasteiger partial charge in [-0.05, 0) is 31.2 Å². The molecule has 0 unspecified atom stereocenters. The normalized spacial score (nSPS) is 10.6. The van der Waals surface area contributed by atoms with E-state index in [1.54, 1.807) is 37.3 Å². The summed E-state index contributed by atoms with van der Waals surface area (Å²) in [5, 5.41) is 3.00. The summed E-state index contributed by atoms with van der Waals surface area (Å²) in [5.41, 5.74) is 0.879. The van der Waals surface area contributed by atoms with E-state index < -0.39 is 5.97 Å². The highest BCUT2D eigenvalue weighted by atomic mass is 32.1. The number of hydrogen-bond donors (Lipinski definition) is 1. The number of carbonyl (C=O) groups excluding carboxylic acids is 2. The number of ether oxygens (including phenoxy) is 1. The minimum atomic E-state index is -0.484. The van der Waals surface area contributed by atoms with Crippen LogP contribution < -0.4 is 5.32 Å².